The van der Waals surface area contributed by atoms with E-state index >= 15 is 0 Å². The molecule has 2 saturated heterocycles. The molecule has 0 spiro atoms. The summed E-state index contributed by atoms with van der Waals surface area (Å²) in [6.45, 7) is 4.05. The summed E-state index contributed by atoms with van der Waals surface area (Å²) >= 11 is 0. The molecule has 0 aromatic heterocycles. The highest BCUT2D eigenvalue weighted by atomic mass is 19.1. The highest BCUT2D eigenvalue weighted by molar-refractivity contribution is 4.92. The van der Waals surface area contributed by atoms with Crippen molar-refractivity contribution in [2.24, 2.45) is 17.6 Å². The quantitative estimate of drug-likeness (QED) is 0.562. The summed E-state index contributed by atoms with van der Waals surface area (Å²) in [5.74, 6) is 1.11. The molecule has 3 nitrogen and oxygen atoms in total. The Balaban J connectivity index is 1.96. The highest BCUT2D eigenvalue weighted by Gasteiger charge is 2.36. The van der Waals surface area contributed by atoms with Crippen LogP contribution in [0, 0.1) is 11.8 Å². The van der Waals surface area contributed by atoms with Crippen molar-refractivity contribution < 1.29 is 4.39 Å². The Kier molecular flexibility index (Phi) is 3.59. The van der Waals surface area contributed by atoms with Crippen molar-refractivity contribution >= 4 is 0 Å². The predicted octanol–water partition coefficient (Wildman–Crippen LogP) is 0.607. The fraction of sp³-hybridized carbons (Fsp3) is 1.00. The molecule has 2 heterocycles. The van der Waals surface area contributed by atoms with E-state index in [2.05, 4.69) is 17.6 Å². The first kappa shape index (κ1) is 11.3. The SMILES string of the molecule is CC1NC(F)CCC1C1CCNCC1N. The van der Waals surface area contributed by atoms with Crippen molar-refractivity contribution in [1.29, 1.82) is 0 Å². The number of hydrogen-bond donors (Lipinski definition) is 3. The number of rotatable bonds is 1. The molecule has 5 atom stereocenters. The average molecular weight is 215 g/mol. The van der Waals surface area contributed by atoms with Crippen molar-refractivity contribution in [3.8, 4) is 0 Å². The first-order valence-electron chi connectivity index (χ1n) is 6.05. The van der Waals surface area contributed by atoms with Crippen LogP contribution >= 0.6 is 0 Å². The van der Waals surface area contributed by atoms with Gasteiger partial charge in [-0.2, -0.15) is 0 Å². The van der Waals surface area contributed by atoms with Gasteiger partial charge in [0.15, 0.2) is 6.30 Å². The van der Waals surface area contributed by atoms with Gasteiger partial charge in [0.25, 0.3) is 0 Å². The second-order valence-electron chi connectivity index (χ2n) is 4.98. The maximum atomic E-state index is 13.1. The lowest BCUT2D eigenvalue weighted by molar-refractivity contribution is 0.0896. The molecule has 0 aliphatic carbocycles. The Morgan fingerprint density at radius 2 is 2.00 bits per heavy atom. The van der Waals surface area contributed by atoms with Gasteiger partial charge in [-0.3, -0.25) is 5.32 Å². The van der Waals surface area contributed by atoms with Crippen LogP contribution in [-0.2, 0) is 0 Å². The van der Waals surface area contributed by atoms with Crippen LogP contribution in [0.3, 0.4) is 0 Å². The lowest BCUT2D eigenvalue weighted by atomic mass is 9.74. The van der Waals surface area contributed by atoms with E-state index in [4.69, 9.17) is 5.73 Å². The molecule has 4 N–H and O–H groups in total. The van der Waals surface area contributed by atoms with E-state index in [0.717, 1.165) is 25.9 Å². The van der Waals surface area contributed by atoms with Crippen LogP contribution in [0.5, 0.6) is 0 Å². The molecule has 4 heteroatoms. The average Bonchev–Trinajstić information content (AvgIpc) is 2.20. The van der Waals surface area contributed by atoms with Gasteiger partial charge in [-0.05, 0) is 44.6 Å². The molecule has 0 bridgehead atoms. The molecule has 0 amide bonds. The zero-order chi connectivity index (χ0) is 10.8. The number of halogens is 1. The second kappa shape index (κ2) is 4.76. The molecule has 5 unspecified atom stereocenters. The predicted molar refractivity (Wildman–Crippen MR) is 59.2 cm³/mol. The summed E-state index contributed by atoms with van der Waals surface area (Å²) in [7, 11) is 0. The van der Waals surface area contributed by atoms with Gasteiger partial charge in [-0.25, -0.2) is 4.39 Å². The van der Waals surface area contributed by atoms with Gasteiger partial charge < -0.3 is 11.1 Å². The van der Waals surface area contributed by atoms with Crippen molar-refractivity contribution in [2.45, 2.75) is 44.6 Å². The normalized spacial score (nSPS) is 47.8. The Bertz CT molecular complexity index is 212. The summed E-state index contributed by atoms with van der Waals surface area (Å²) < 4.78 is 13.1. The lowest BCUT2D eigenvalue weighted by Gasteiger charge is -2.42. The Hall–Kier alpha value is -0.190. The molecule has 2 aliphatic heterocycles. The fourth-order valence-corrected chi connectivity index (χ4v) is 3.10. The molecule has 2 rings (SSSR count). The maximum Gasteiger partial charge on any atom is 0.151 e. The van der Waals surface area contributed by atoms with Gasteiger partial charge in [0, 0.05) is 18.6 Å². The molecule has 2 aliphatic rings. The standard InChI is InChI=1S/C11H22FN3/c1-7-8(2-3-11(12)15-7)9-4-5-14-6-10(9)13/h7-11,14-15H,2-6,13H2,1H3. The minimum absolute atomic E-state index is 0.240. The van der Waals surface area contributed by atoms with Crippen molar-refractivity contribution in [3.63, 3.8) is 0 Å². The molecule has 15 heavy (non-hydrogen) atoms. The smallest absolute Gasteiger partial charge is 0.151 e. The highest BCUT2D eigenvalue weighted by Crippen LogP contribution is 2.31. The van der Waals surface area contributed by atoms with E-state index in [1.54, 1.807) is 0 Å². The topological polar surface area (TPSA) is 50.1 Å². The van der Waals surface area contributed by atoms with Crippen molar-refractivity contribution in [2.75, 3.05) is 13.1 Å². The largest absolute Gasteiger partial charge is 0.326 e. The van der Waals surface area contributed by atoms with E-state index in [0.29, 0.717) is 18.3 Å². The van der Waals surface area contributed by atoms with E-state index < -0.39 is 6.30 Å². The van der Waals surface area contributed by atoms with Crippen LogP contribution in [0.2, 0.25) is 0 Å². The van der Waals surface area contributed by atoms with Gasteiger partial charge in [-0.15, -0.1) is 0 Å². The number of hydrogen-bond acceptors (Lipinski definition) is 3. The third-order valence-electron chi connectivity index (χ3n) is 3.97. The monoisotopic (exact) mass is 215 g/mol. The van der Waals surface area contributed by atoms with Crippen LogP contribution in [0.15, 0.2) is 0 Å². The Morgan fingerprint density at radius 1 is 1.20 bits per heavy atom. The van der Waals surface area contributed by atoms with Crippen LogP contribution in [0.1, 0.15) is 26.2 Å². The number of alkyl halides is 1. The zero-order valence-corrected chi connectivity index (χ0v) is 9.38. The van der Waals surface area contributed by atoms with Crippen LogP contribution in [0.25, 0.3) is 0 Å². The fourth-order valence-electron chi connectivity index (χ4n) is 3.10. The summed E-state index contributed by atoms with van der Waals surface area (Å²) in [5.41, 5.74) is 6.12. The lowest BCUT2D eigenvalue weighted by Crippen LogP contribution is -2.55. The van der Waals surface area contributed by atoms with Crippen molar-refractivity contribution in [1.82, 2.24) is 10.6 Å². The van der Waals surface area contributed by atoms with Crippen LogP contribution < -0.4 is 16.4 Å². The minimum atomic E-state index is -0.811. The third kappa shape index (κ3) is 2.49. The molecule has 0 saturated carbocycles. The zero-order valence-electron chi connectivity index (χ0n) is 9.38. The summed E-state index contributed by atoms with van der Waals surface area (Å²) in [5, 5.41) is 6.31. The minimum Gasteiger partial charge on any atom is -0.326 e. The molecule has 88 valence electrons. The maximum absolute atomic E-state index is 13.1. The Labute approximate surface area is 91.0 Å². The Morgan fingerprint density at radius 3 is 2.67 bits per heavy atom. The third-order valence-corrected chi connectivity index (χ3v) is 3.97. The summed E-state index contributed by atoms with van der Waals surface area (Å²) in [6.07, 6.45) is 1.95. The number of nitrogens with two attached hydrogens (primary N) is 1. The first-order valence-corrected chi connectivity index (χ1v) is 6.05. The van der Waals surface area contributed by atoms with Crippen LogP contribution in [0.4, 0.5) is 4.39 Å². The second-order valence-corrected chi connectivity index (χ2v) is 4.98. The molecular formula is C11H22FN3. The van der Waals surface area contributed by atoms with Gasteiger partial charge in [0.1, 0.15) is 0 Å². The van der Waals surface area contributed by atoms with Gasteiger partial charge >= 0.3 is 0 Å². The van der Waals surface area contributed by atoms with Crippen LogP contribution in [-0.4, -0.2) is 31.5 Å². The number of nitrogens with one attached hydrogen (secondary N) is 2. The van der Waals surface area contributed by atoms with E-state index in [1.807, 2.05) is 0 Å². The molecule has 0 radical (unpaired) electrons. The molecule has 0 aromatic rings. The summed E-state index contributed by atoms with van der Waals surface area (Å²) in [6, 6.07) is 0.507. The van der Waals surface area contributed by atoms with Gasteiger partial charge in [0.05, 0.1) is 0 Å². The molecule has 0 aromatic carbocycles. The first-order chi connectivity index (χ1) is 7.18. The van der Waals surface area contributed by atoms with E-state index in [-0.39, 0.29) is 12.1 Å². The molecule has 2 fully saturated rings. The van der Waals surface area contributed by atoms with Gasteiger partial charge in [-0.1, -0.05) is 0 Å². The van der Waals surface area contributed by atoms with Gasteiger partial charge in [0.2, 0.25) is 0 Å². The van der Waals surface area contributed by atoms with Crippen molar-refractivity contribution in [3.05, 3.63) is 0 Å². The molecular weight excluding hydrogens is 193 g/mol. The van der Waals surface area contributed by atoms with E-state index in [1.165, 1.54) is 0 Å². The van der Waals surface area contributed by atoms with E-state index in [9.17, 15) is 4.39 Å². The summed E-state index contributed by atoms with van der Waals surface area (Å²) in [4.78, 5) is 0. The number of piperidine rings is 2.